The van der Waals surface area contributed by atoms with E-state index < -0.39 is 17.1 Å². The maximum atomic E-state index is 13.6. The van der Waals surface area contributed by atoms with E-state index >= 15 is 0 Å². The quantitative estimate of drug-likeness (QED) is 0.581. The predicted octanol–water partition coefficient (Wildman–Crippen LogP) is 4.74. The number of ketones is 2. The van der Waals surface area contributed by atoms with Crippen LogP contribution in [-0.2, 0) is 19.1 Å². The highest BCUT2D eigenvalue weighted by Gasteiger charge is 2.76. The fourth-order valence-electron chi connectivity index (χ4n) is 9.31. The summed E-state index contributed by atoms with van der Waals surface area (Å²) in [6, 6.07) is 0. The second kappa shape index (κ2) is 7.99. The van der Waals surface area contributed by atoms with Crippen LogP contribution in [-0.4, -0.2) is 46.7 Å². The number of allylic oxidation sites excluding steroid dienone is 4. The van der Waals surface area contributed by atoms with Crippen molar-refractivity contribution < 1.29 is 24.2 Å². The lowest BCUT2D eigenvalue weighted by atomic mass is 9.46. The van der Waals surface area contributed by atoms with Crippen molar-refractivity contribution >= 4 is 23.2 Å². The minimum absolute atomic E-state index is 0.0195. The van der Waals surface area contributed by atoms with Crippen molar-refractivity contribution in [2.45, 2.75) is 95.7 Å². The molecule has 4 saturated carbocycles. The molecule has 0 amide bonds. The van der Waals surface area contributed by atoms with Gasteiger partial charge in [-0.2, -0.15) is 0 Å². The lowest BCUT2D eigenvalue weighted by Crippen LogP contribution is -2.63. The SMILES string of the molecule is C[C@]12C=CC(=O)C=C1CC[C@@H]1[C@@H]2[C@@H](O)C[C@@]2(C)[C@H]1C[C@H]1O[C@@H](C3CCCCC3)O[C@]12C(=O)CCl. The molecule has 1 saturated heterocycles. The number of rotatable bonds is 3. The molecular weight excluding hydrogens is 452 g/mol. The van der Waals surface area contributed by atoms with Crippen molar-refractivity contribution in [3.63, 3.8) is 0 Å². The molecular formula is C28H37ClO5. The van der Waals surface area contributed by atoms with Crippen LogP contribution in [0.1, 0.15) is 71.6 Å². The van der Waals surface area contributed by atoms with E-state index in [1.54, 1.807) is 12.2 Å². The topological polar surface area (TPSA) is 72.8 Å². The smallest absolute Gasteiger partial charge is 0.182 e. The first-order valence-electron chi connectivity index (χ1n) is 13.3. The van der Waals surface area contributed by atoms with E-state index in [0.29, 0.717) is 12.3 Å². The largest absolute Gasteiger partial charge is 0.393 e. The van der Waals surface area contributed by atoms with Gasteiger partial charge in [-0.25, -0.2) is 0 Å². The van der Waals surface area contributed by atoms with Crippen molar-refractivity contribution in [3.05, 3.63) is 23.8 Å². The second-order valence-corrected chi connectivity index (χ2v) is 12.5. The summed E-state index contributed by atoms with van der Waals surface area (Å²) in [5, 5.41) is 11.7. The first kappa shape index (κ1) is 23.4. The van der Waals surface area contributed by atoms with E-state index in [4.69, 9.17) is 21.1 Å². The summed E-state index contributed by atoms with van der Waals surface area (Å²) in [4.78, 5) is 25.7. The van der Waals surface area contributed by atoms with Crippen LogP contribution in [0.4, 0.5) is 0 Å². The van der Waals surface area contributed by atoms with E-state index in [1.807, 2.05) is 6.08 Å². The molecule has 5 nitrogen and oxygen atoms in total. The summed E-state index contributed by atoms with van der Waals surface area (Å²) in [5.74, 6) is 0.645. The Hall–Kier alpha value is -1.01. The standard InChI is InChI=1S/C28H37ClO5/c1-26-11-10-18(30)12-17(26)8-9-19-20-13-23-28(22(32)15-29,27(20,2)14-21(31)24(19)26)34-25(33-23)16-6-4-3-5-7-16/h10-12,16,19-21,23-25,31H,3-9,13-15H2,1-2H3/t19-,20-,21-,23+,24+,25+,26-,27-,28+/m0/s1. The highest BCUT2D eigenvalue weighted by molar-refractivity contribution is 6.29. The molecule has 0 radical (unpaired) electrons. The van der Waals surface area contributed by atoms with Gasteiger partial charge in [-0.1, -0.05) is 44.8 Å². The Morgan fingerprint density at radius 2 is 1.97 bits per heavy atom. The highest BCUT2D eigenvalue weighted by atomic mass is 35.5. The number of aliphatic hydroxyl groups excluding tert-OH is 1. The van der Waals surface area contributed by atoms with Crippen LogP contribution in [0.25, 0.3) is 0 Å². The summed E-state index contributed by atoms with van der Waals surface area (Å²) in [5.41, 5.74) is -0.799. The van der Waals surface area contributed by atoms with Crippen molar-refractivity contribution in [1.29, 1.82) is 0 Å². The number of carbonyl (C=O) groups is 2. The van der Waals surface area contributed by atoms with Gasteiger partial charge in [-0.05, 0) is 62.5 Å². The van der Waals surface area contributed by atoms with Crippen LogP contribution < -0.4 is 0 Å². The minimum Gasteiger partial charge on any atom is -0.393 e. The molecule has 6 heteroatoms. The third-order valence-corrected chi connectivity index (χ3v) is 11.1. The monoisotopic (exact) mass is 488 g/mol. The molecule has 1 N–H and O–H groups in total. The number of hydrogen-bond donors (Lipinski definition) is 1. The van der Waals surface area contributed by atoms with Gasteiger partial charge < -0.3 is 14.6 Å². The van der Waals surface area contributed by atoms with Gasteiger partial charge in [-0.15, -0.1) is 11.6 Å². The van der Waals surface area contributed by atoms with Crippen LogP contribution >= 0.6 is 11.6 Å². The average Bonchev–Trinajstić information content (AvgIpc) is 3.32. The molecule has 5 aliphatic carbocycles. The third-order valence-electron chi connectivity index (χ3n) is 10.8. The first-order chi connectivity index (χ1) is 16.2. The van der Waals surface area contributed by atoms with Gasteiger partial charge in [0.1, 0.15) is 0 Å². The molecule has 0 aromatic rings. The van der Waals surface area contributed by atoms with Gasteiger partial charge >= 0.3 is 0 Å². The summed E-state index contributed by atoms with van der Waals surface area (Å²) in [7, 11) is 0. The van der Waals surface area contributed by atoms with Crippen LogP contribution in [0.5, 0.6) is 0 Å². The zero-order chi connectivity index (χ0) is 23.9. The molecule has 1 heterocycles. The number of fused-ring (bicyclic) bond motifs is 7. The van der Waals surface area contributed by atoms with E-state index in [1.165, 1.54) is 19.3 Å². The number of carbonyl (C=O) groups excluding carboxylic acids is 2. The van der Waals surface area contributed by atoms with Crippen LogP contribution in [0.2, 0.25) is 0 Å². The van der Waals surface area contributed by atoms with Crippen molar-refractivity contribution in [2.75, 3.05) is 5.88 Å². The van der Waals surface area contributed by atoms with Crippen LogP contribution in [0.15, 0.2) is 23.8 Å². The van der Waals surface area contributed by atoms with Gasteiger partial charge in [0.2, 0.25) is 0 Å². The molecule has 34 heavy (non-hydrogen) atoms. The number of Topliss-reactive ketones (excluding diaryl/α,β-unsaturated/α-hetero) is 1. The number of halogens is 1. The molecule has 1 aliphatic heterocycles. The van der Waals surface area contributed by atoms with Gasteiger partial charge in [0.05, 0.1) is 18.1 Å². The Labute approximate surface area is 207 Å². The lowest BCUT2D eigenvalue weighted by Gasteiger charge is -2.59. The average molecular weight is 489 g/mol. The number of alkyl halides is 1. The highest BCUT2D eigenvalue weighted by Crippen LogP contribution is 2.70. The van der Waals surface area contributed by atoms with Gasteiger partial charge in [0, 0.05) is 22.7 Å². The minimum atomic E-state index is -1.08. The van der Waals surface area contributed by atoms with Crippen molar-refractivity contribution in [3.8, 4) is 0 Å². The van der Waals surface area contributed by atoms with E-state index in [-0.39, 0.29) is 53.0 Å². The Morgan fingerprint density at radius 1 is 1.21 bits per heavy atom. The maximum absolute atomic E-state index is 13.6. The fourth-order valence-corrected chi connectivity index (χ4v) is 9.51. The molecule has 0 unspecified atom stereocenters. The molecule has 5 fully saturated rings. The maximum Gasteiger partial charge on any atom is 0.182 e. The molecule has 0 bridgehead atoms. The van der Waals surface area contributed by atoms with E-state index in [2.05, 4.69) is 13.8 Å². The molecule has 186 valence electrons. The Bertz CT molecular complexity index is 952. The molecule has 6 rings (SSSR count). The molecule has 0 aromatic carbocycles. The summed E-state index contributed by atoms with van der Waals surface area (Å²) >= 11 is 6.22. The van der Waals surface area contributed by atoms with Crippen LogP contribution in [0, 0.1) is 34.5 Å². The van der Waals surface area contributed by atoms with E-state index in [9.17, 15) is 14.7 Å². The molecule has 6 aliphatic rings. The number of aliphatic hydroxyl groups is 1. The zero-order valence-electron chi connectivity index (χ0n) is 20.3. The fraction of sp³-hybridized carbons (Fsp3) is 0.786. The van der Waals surface area contributed by atoms with Crippen LogP contribution in [0.3, 0.4) is 0 Å². The molecule has 9 atom stereocenters. The second-order valence-electron chi connectivity index (χ2n) is 12.2. The van der Waals surface area contributed by atoms with Gasteiger partial charge in [0.25, 0.3) is 0 Å². The number of ether oxygens (including phenoxy) is 2. The Kier molecular flexibility index (Phi) is 5.50. The summed E-state index contributed by atoms with van der Waals surface area (Å²) < 4.78 is 13.4. The molecule has 0 spiro atoms. The van der Waals surface area contributed by atoms with E-state index in [0.717, 1.165) is 37.7 Å². The predicted molar refractivity (Wildman–Crippen MR) is 128 cm³/mol. The third kappa shape index (κ3) is 2.96. The normalized spacial score (nSPS) is 50.2. The first-order valence-corrected chi connectivity index (χ1v) is 13.8. The zero-order valence-corrected chi connectivity index (χ0v) is 21.1. The van der Waals surface area contributed by atoms with Crippen molar-refractivity contribution in [2.24, 2.45) is 34.5 Å². The Balaban J connectivity index is 1.37. The summed E-state index contributed by atoms with van der Waals surface area (Å²) in [6.07, 6.45) is 13.0. The lowest BCUT2D eigenvalue weighted by molar-refractivity contribution is -0.207. The summed E-state index contributed by atoms with van der Waals surface area (Å²) in [6.45, 7) is 4.33. The van der Waals surface area contributed by atoms with Crippen molar-refractivity contribution in [1.82, 2.24) is 0 Å². The molecule has 0 aromatic heterocycles. The van der Waals surface area contributed by atoms with Gasteiger partial charge in [-0.3, -0.25) is 9.59 Å². The Morgan fingerprint density at radius 3 is 2.71 bits per heavy atom. The van der Waals surface area contributed by atoms with Gasteiger partial charge in [0.15, 0.2) is 23.5 Å². The number of hydrogen-bond acceptors (Lipinski definition) is 5.